The third-order valence-corrected chi connectivity index (χ3v) is 24.8. The molecule has 0 spiro atoms. The highest BCUT2D eigenvalue weighted by atomic mass is 35.5. The summed E-state index contributed by atoms with van der Waals surface area (Å²) in [5.74, 6) is -17.5. The predicted molar refractivity (Wildman–Crippen MR) is 472 cm³/mol. The Morgan fingerprint density at radius 3 is 1.84 bits per heavy atom. The molecule has 8 aliphatic rings. The second-order valence-electron chi connectivity index (χ2n) is 34.5. The lowest BCUT2D eigenvalue weighted by Crippen LogP contribution is -2.65. The van der Waals surface area contributed by atoms with E-state index in [1.165, 1.54) is 38.4 Å². The van der Waals surface area contributed by atoms with Crippen LogP contribution >= 0.6 is 23.2 Å². The van der Waals surface area contributed by atoms with Crippen molar-refractivity contribution in [1.82, 2.24) is 58.5 Å². The van der Waals surface area contributed by atoms with Gasteiger partial charge in [0.05, 0.1) is 60.1 Å². The number of aromatic hydroxyl groups is 3. The van der Waals surface area contributed by atoms with Crippen LogP contribution in [0.1, 0.15) is 176 Å². The molecule has 0 aromatic heterocycles. The first-order chi connectivity index (χ1) is 63.3. The van der Waals surface area contributed by atoms with Crippen molar-refractivity contribution in [1.29, 1.82) is 0 Å². The number of fused-ring (bicyclic) bond motifs is 15. The van der Waals surface area contributed by atoms with Crippen molar-refractivity contribution in [3.63, 3.8) is 0 Å². The van der Waals surface area contributed by atoms with E-state index in [2.05, 4.69) is 65.4 Å². The number of phenolic OH excluding ortho intramolecular Hbond substituents is 3. The van der Waals surface area contributed by atoms with Crippen molar-refractivity contribution in [2.75, 3.05) is 53.0 Å². The number of phenols is 3. The molecule has 0 unspecified atom stereocenters. The Balaban J connectivity index is 1.06. The van der Waals surface area contributed by atoms with Crippen molar-refractivity contribution in [2.45, 2.75) is 259 Å². The SMILES string of the molecule is CCCCCCCCCCNCCN[C@@]1(C)C[C@H](O[C@H]2[C@H](Oc3c4cc5cc3Oc3ccc(cc3Cl)[C@@H](O)[C@@H](NC(=O)[C@@H](CC(C)C)NC)C(=O)N[C@@H](CC(N)=O)C(=O)N[C@H]5C(=O)N[C@H]3C(=O)N[C@H](C(=O)N[C@H](C(=O)O)c5cc(O)c(CNCCO[C@@H]6O[C@H](CO)[C@@H](O)[C@H](O)[C@H]6NC(C)=O)c(O)c5-c5cc3ccc5O)[C@H](O)c3ccc(c(Cl)c3)O4)O[C@H](CO)[C@@H](O)[C@@H]2O)O[C@@H](C)[C@H]1O. The van der Waals surface area contributed by atoms with Gasteiger partial charge in [0.25, 0.3) is 0 Å². The Morgan fingerprint density at radius 2 is 1.23 bits per heavy atom. The number of ether oxygens (including phenoxy) is 8. The first-order valence-electron chi connectivity index (χ1n) is 44.1. The first-order valence-corrected chi connectivity index (χ1v) is 44.9. The number of carboxylic acids is 1. The fourth-order valence-corrected chi connectivity index (χ4v) is 17.4. The second kappa shape index (κ2) is 46.5. The zero-order chi connectivity index (χ0) is 96.7. The number of aliphatic carboxylic acids is 1. The van der Waals surface area contributed by atoms with Crippen LogP contribution in [-0.2, 0) is 73.4 Å². The normalized spacial score (nSPS) is 28.7. The zero-order valence-corrected chi connectivity index (χ0v) is 75.7. The number of hydrogen-bond acceptors (Lipinski definition) is 33. The molecule has 26 N–H and O–H groups in total. The highest BCUT2D eigenvalue weighted by Gasteiger charge is 2.53. The number of carboxylic acid groups (broad SMARTS) is 1. The van der Waals surface area contributed by atoms with Gasteiger partial charge in [-0.15, -0.1) is 0 Å². The molecular weight excluding hydrogens is 1790 g/mol. The molecular formula is C89H120Cl2N12O30. The Labute approximate surface area is 775 Å². The number of benzene rings is 5. The van der Waals surface area contributed by atoms with E-state index < -0.39 is 298 Å². The molecule has 11 bridgehead atoms. The molecule has 13 rings (SSSR count). The topological polar surface area (TPSA) is 649 Å². The largest absolute Gasteiger partial charge is 0.507 e. The van der Waals surface area contributed by atoms with Crippen LogP contribution in [-0.4, -0.2) is 282 Å². The van der Waals surface area contributed by atoms with Gasteiger partial charge in [0.1, 0.15) is 114 Å². The molecule has 42 nitrogen and oxygen atoms in total. The Morgan fingerprint density at radius 1 is 0.632 bits per heavy atom. The van der Waals surface area contributed by atoms with Gasteiger partial charge in [0.2, 0.25) is 59.3 Å². The minimum Gasteiger partial charge on any atom is -0.507 e. The number of carbonyl (C=O) groups excluding carboxylic acids is 8. The highest BCUT2D eigenvalue weighted by molar-refractivity contribution is 6.32. The van der Waals surface area contributed by atoms with Crippen LogP contribution in [0.2, 0.25) is 10.0 Å². The van der Waals surface area contributed by atoms with E-state index in [9.17, 15) is 85.6 Å². The number of carbonyl (C=O) groups is 9. The van der Waals surface area contributed by atoms with Gasteiger partial charge in [0.15, 0.2) is 36.2 Å². The fraction of sp³-hybridized carbons (Fsp3) is 0.562. The van der Waals surface area contributed by atoms with Gasteiger partial charge in [-0.2, -0.15) is 0 Å². The number of aliphatic hydroxyl groups excluding tert-OH is 9. The lowest BCUT2D eigenvalue weighted by Gasteiger charge is -2.48. The molecule has 5 aromatic rings. The molecule has 8 amide bonds. The van der Waals surface area contributed by atoms with E-state index in [1.54, 1.807) is 13.8 Å². The van der Waals surface area contributed by atoms with Crippen LogP contribution in [0.25, 0.3) is 11.1 Å². The van der Waals surface area contributed by atoms with Gasteiger partial charge in [-0.25, -0.2) is 4.79 Å². The summed E-state index contributed by atoms with van der Waals surface area (Å²) in [4.78, 5) is 132. The summed E-state index contributed by atoms with van der Waals surface area (Å²) in [7, 11) is 1.47. The molecule has 8 aliphatic heterocycles. The summed E-state index contributed by atoms with van der Waals surface area (Å²) in [5, 5.41) is 180. The van der Waals surface area contributed by atoms with Gasteiger partial charge in [-0.3, -0.25) is 38.4 Å². The van der Waals surface area contributed by atoms with E-state index in [1.807, 2.05) is 13.8 Å². The van der Waals surface area contributed by atoms with Gasteiger partial charge in [-0.1, -0.05) is 107 Å². The number of aliphatic hydroxyl groups is 9. The average Bonchev–Trinajstić information content (AvgIpc) is 0.759. The number of likely N-dealkylation sites (N-methyl/N-ethyl adjacent to an activating group) is 1. The molecule has 3 saturated heterocycles. The van der Waals surface area contributed by atoms with Gasteiger partial charge in [-0.05, 0) is 123 Å². The van der Waals surface area contributed by atoms with Crippen molar-refractivity contribution >= 4 is 76.4 Å². The number of halogens is 2. The number of amides is 8. The third-order valence-electron chi connectivity index (χ3n) is 24.2. The summed E-state index contributed by atoms with van der Waals surface area (Å²) in [6.45, 7) is 8.93. The minimum atomic E-state index is -2.43. The number of unbranched alkanes of at least 4 members (excludes halogenated alkanes) is 7. The monoisotopic (exact) mass is 1910 g/mol. The van der Waals surface area contributed by atoms with Crippen LogP contribution in [0, 0.1) is 5.92 Å². The summed E-state index contributed by atoms with van der Waals surface area (Å²) in [6, 6.07) is -3.59. The summed E-state index contributed by atoms with van der Waals surface area (Å²) < 4.78 is 51.1. The fourth-order valence-electron chi connectivity index (χ4n) is 16.9. The van der Waals surface area contributed by atoms with Crippen LogP contribution in [0.3, 0.4) is 0 Å². The van der Waals surface area contributed by atoms with Crippen molar-refractivity contribution in [2.24, 2.45) is 11.7 Å². The second-order valence-corrected chi connectivity index (χ2v) is 35.3. The third kappa shape index (κ3) is 25.0. The lowest BCUT2D eigenvalue weighted by molar-refractivity contribution is -0.334. The maximum Gasteiger partial charge on any atom is 0.330 e. The molecule has 23 atom stereocenters. The Hall–Kier alpha value is -10.0. The van der Waals surface area contributed by atoms with Crippen LogP contribution in [0.15, 0.2) is 72.8 Å². The molecule has 5 aromatic carbocycles. The Kier molecular flexibility index (Phi) is 36.2. The number of rotatable bonds is 34. The van der Waals surface area contributed by atoms with Crippen molar-refractivity contribution in [3.05, 3.63) is 116 Å². The molecule has 0 aliphatic carbocycles. The highest BCUT2D eigenvalue weighted by Crippen LogP contribution is 2.51. The maximum absolute atomic E-state index is 16.5. The number of hydrogen-bond donors (Lipinski definition) is 25. The molecule has 8 heterocycles. The van der Waals surface area contributed by atoms with E-state index >= 15 is 24.0 Å². The van der Waals surface area contributed by atoms with Crippen LogP contribution < -0.4 is 78.4 Å². The quantitative estimate of drug-likeness (QED) is 0.0250. The number of primary amides is 1. The van der Waals surface area contributed by atoms with Crippen molar-refractivity contribution in [3.8, 4) is 57.1 Å². The maximum atomic E-state index is 16.5. The first kappa shape index (κ1) is 103. The molecule has 133 heavy (non-hydrogen) atoms. The van der Waals surface area contributed by atoms with Gasteiger partial charge in [0, 0.05) is 61.8 Å². The van der Waals surface area contributed by atoms with Crippen LogP contribution in [0.5, 0.6) is 46.0 Å². The van der Waals surface area contributed by atoms with E-state index in [0.717, 1.165) is 106 Å². The molecule has 0 saturated carbocycles. The molecule has 44 heteroatoms. The van der Waals surface area contributed by atoms with Gasteiger partial charge >= 0.3 is 5.97 Å². The smallest absolute Gasteiger partial charge is 0.330 e. The van der Waals surface area contributed by atoms with E-state index in [-0.39, 0.29) is 53.8 Å². The van der Waals surface area contributed by atoms with Crippen LogP contribution in [0.4, 0.5) is 0 Å². The van der Waals surface area contributed by atoms with Gasteiger partial charge < -0.3 is 168 Å². The lowest BCUT2D eigenvalue weighted by atomic mass is 9.85. The average molecular weight is 1910 g/mol. The standard InChI is InChI=1S/C89H120Cl2N12O30/c1-8-9-10-11-12-13-14-15-22-94-23-24-96-89(6)35-62(127-40(4)79(89)117)132-78-76(116)74(114)60(38-105)131-88(78)133-77-57-31-45-32-58(77)129-56-21-18-44(30-50(56)91)71(111)68-85(123)101-66(86(124)125)47-33-54(108)48(36-95-25-26-126-87-69(97-41(5)106)75(115)73(113)59(37-104)130-87)72(112)63(47)46-28-42(16-19-53(46)107)64(82(120)103-68)100-83(121)65(45)99-81(119)52(34-61(92)109)98-84(122)67(102-80(118)51(93-7)27-39(2)3)70(110)43-17-20-55(128-57)49(90)29-43/h16-21,28-33,39-40,51-52,59-60,62,64-71,73-76,78-79,87-88,93-96,104-105,107-108,110-117H,8-15,22-27,34-38H2,1-7H3,(H2,92,109)(H,97,106)(H,98,122)(H,99,119)(H,100,121)(H,101,123)(H,102,118)(H,103,120)(H,124,125)/t40-,51+,52-,59+,60+,62-,64+,65+,66-,67+,68-,69+,70+,71+,73+,74+,75+,76-,78+,79+,87+,88-,89-/m0/s1. The Bertz CT molecular complexity index is 4970. The van der Waals surface area contributed by atoms with Crippen molar-refractivity contribution < 1.29 is 147 Å². The summed E-state index contributed by atoms with van der Waals surface area (Å²) in [5.41, 5.74) is 0.837. The zero-order valence-electron chi connectivity index (χ0n) is 74.2. The van der Waals surface area contributed by atoms with E-state index in [0.29, 0.717) is 13.1 Å². The molecule has 730 valence electrons. The minimum absolute atomic E-state index is 0.131. The van der Waals surface area contributed by atoms with E-state index in [4.69, 9.17) is 66.8 Å². The summed E-state index contributed by atoms with van der Waals surface area (Å²) in [6.07, 6.45) is -15.9. The number of nitrogens with one attached hydrogen (secondary N) is 11. The molecule has 3 fully saturated rings. The molecule has 0 radical (unpaired) electrons. The number of nitrogens with two attached hydrogens (primary N) is 1. The summed E-state index contributed by atoms with van der Waals surface area (Å²) >= 11 is 14.4. The predicted octanol–water partition coefficient (Wildman–Crippen LogP) is 0.517.